The van der Waals surface area contributed by atoms with E-state index in [4.69, 9.17) is 10.5 Å². The Kier molecular flexibility index (Phi) is 4.04. The van der Waals surface area contributed by atoms with Gasteiger partial charge < -0.3 is 15.8 Å². The fourth-order valence-electron chi connectivity index (χ4n) is 2.53. The first-order chi connectivity index (χ1) is 9.06. The Labute approximate surface area is 113 Å². The predicted molar refractivity (Wildman–Crippen MR) is 72.6 cm³/mol. The zero-order valence-corrected chi connectivity index (χ0v) is 11.5. The van der Waals surface area contributed by atoms with Crippen LogP contribution in [0.5, 0.6) is 5.88 Å². The van der Waals surface area contributed by atoms with Gasteiger partial charge in [0, 0.05) is 24.8 Å². The third-order valence-corrected chi connectivity index (χ3v) is 4.01. The molecule has 5 nitrogen and oxygen atoms in total. The molecule has 1 heterocycles. The summed E-state index contributed by atoms with van der Waals surface area (Å²) in [6, 6.07) is 3.64. The molecule has 0 radical (unpaired) electrons. The average Bonchev–Trinajstić information content (AvgIpc) is 2.77. The van der Waals surface area contributed by atoms with Crippen LogP contribution >= 0.6 is 0 Å². The molecule has 2 rings (SSSR count). The van der Waals surface area contributed by atoms with Gasteiger partial charge in [-0.15, -0.1) is 0 Å². The van der Waals surface area contributed by atoms with Gasteiger partial charge in [-0.2, -0.15) is 0 Å². The number of nitrogens with zero attached hydrogens (tertiary/aromatic N) is 1. The van der Waals surface area contributed by atoms with Gasteiger partial charge in [-0.05, 0) is 31.4 Å². The standard InChI is InChI=1S/C14H21N3O2/c1-14(6-3-4-11(14)15)13(18)17-9-10-5-7-16-12(8-10)19-2/h5,7-8,11H,3-4,6,9,15H2,1-2H3,(H,17,18). The van der Waals surface area contributed by atoms with Crippen LogP contribution in [0.3, 0.4) is 0 Å². The summed E-state index contributed by atoms with van der Waals surface area (Å²) in [6.45, 7) is 2.42. The first-order valence-corrected chi connectivity index (χ1v) is 6.59. The Balaban J connectivity index is 1.96. The van der Waals surface area contributed by atoms with Crippen molar-refractivity contribution in [3.05, 3.63) is 23.9 Å². The molecule has 5 heteroatoms. The number of rotatable bonds is 4. The molecule has 1 aliphatic rings. The van der Waals surface area contributed by atoms with E-state index < -0.39 is 5.41 Å². The number of aromatic nitrogens is 1. The largest absolute Gasteiger partial charge is 0.481 e. The van der Waals surface area contributed by atoms with Crippen molar-refractivity contribution in [2.24, 2.45) is 11.1 Å². The van der Waals surface area contributed by atoms with Gasteiger partial charge in [0.2, 0.25) is 11.8 Å². The van der Waals surface area contributed by atoms with Crippen molar-refractivity contribution in [3.8, 4) is 5.88 Å². The quantitative estimate of drug-likeness (QED) is 0.856. The van der Waals surface area contributed by atoms with Crippen LogP contribution in [0.25, 0.3) is 0 Å². The molecule has 0 saturated heterocycles. The van der Waals surface area contributed by atoms with Crippen LogP contribution in [0.15, 0.2) is 18.3 Å². The molecule has 2 atom stereocenters. The van der Waals surface area contributed by atoms with Crippen LogP contribution in [0, 0.1) is 5.41 Å². The zero-order chi connectivity index (χ0) is 13.9. The van der Waals surface area contributed by atoms with Crippen LogP contribution in [0.2, 0.25) is 0 Å². The zero-order valence-electron chi connectivity index (χ0n) is 11.5. The SMILES string of the molecule is COc1cc(CNC(=O)C2(C)CCCC2N)ccn1. The van der Waals surface area contributed by atoms with Crippen LogP contribution in [-0.4, -0.2) is 24.0 Å². The second kappa shape index (κ2) is 5.57. The van der Waals surface area contributed by atoms with Crippen LogP contribution in [0.4, 0.5) is 0 Å². The van der Waals surface area contributed by atoms with Crippen molar-refractivity contribution < 1.29 is 9.53 Å². The number of hydrogen-bond acceptors (Lipinski definition) is 4. The molecule has 104 valence electrons. The molecule has 1 aromatic rings. The number of pyridine rings is 1. The molecule has 0 spiro atoms. The lowest BCUT2D eigenvalue weighted by molar-refractivity contribution is -0.130. The summed E-state index contributed by atoms with van der Waals surface area (Å²) in [5, 5.41) is 2.96. The lowest BCUT2D eigenvalue weighted by Crippen LogP contribution is -2.47. The van der Waals surface area contributed by atoms with Crippen molar-refractivity contribution in [2.75, 3.05) is 7.11 Å². The maximum atomic E-state index is 12.3. The number of carbonyl (C=O) groups excluding carboxylic acids is 1. The summed E-state index contributed by atoms with van der Waals surface area (Å²) in [4.78, 5) is 16.3. The number of hydrogen-bond donors (Lipinski definition) is 2. The van der Waals surface area contributed by atoms with Gasteiger partial charge in [-0.3, -0.25) is 4.79 Å². The lowest BCUT2D eigenvalue weighted by Gasteiger charge is -2.27. The summed E-state index contributed by atoms with van der Waals surface area (Å²) >= 11 is 0. The van der Waals surface area contributed by atoms with E-state index >= 15 is 0 Å². The average molecular weight is 263 g/mol. The van der Waals surface area contributed by atoms with E-state index in [0.717, 1.165) is 24.8 Å². The number of carbonyl (C=O) groups is 1. The van der Waals surface area contributed by atoms with Crippen molar-refractivity contribution in [1.29, 1.82) is 0 Å². The Bertz CT molecular complexity index is 464. The summed E-state index contributed by atoms with van der Waals surface area (Å²) in [5.74, 6) is 0.587. The smallest absolute Gasteiger partial charge is 0.227 e. The van der Waals surface area contributed by atoms with E-state index in [1.54, 1.807) is 13.3 Å². The molecule has 1 aliphatic carbocycles. The first-order valence-electron chi connectivity index (χ1n) is 6.59. The van der Waals surface area contributed by atoms with Crippen molar-refractivity contribution in [3.63, 3.8) is 0 Å². The minimum Gasteiger partial charge on any atom is -0.481 e. The number of nitrogens with two attached hydrogens (primary N) is 1. The lowest BCUT2D eigenvalue weighted by atomic mass is 9.84. The van der Waals surface area contributed by atoms with E-state index in [1.165, 1.54) is 0 Å². The second-order valence-electron chi connectivity index (χ2n) is 5.31. The topological polar surface area (TPSA) is 77.2 Å². The summed E-state index contributed by atoms with van der Waals surface area (Å²) in [7, 11) is 1.57. The van der Waals surface area contributed by atoms with Crippen LogP contribution in [-0.2, 0) is 11.3 Å². The molecule has 1 fully saturated rings. The molecular formula is C14H21N3O2. The van der Waals surface area contributed by atoms with Gasteiger partial charge >= 0.3 is 0 Å². The van der Waals surface area contributed by atoms with E-state index in [0.29, 0.717) is 12.4 Å². The van der Waals surface area contributed by atoms with Gasteiger partial charge in [0.1, 0.15) is 0 Å². The minimum atomic E-state index is -0.433. The highest BCUT2D eigenvalue weighted by molar-refractivity contribution is 5.83. The molecular weight excluding hydrogens is 242 g/mol. The van der Waals surface area contributed by atoms with Crippen LogP contribution in [0.1, 0.15) is 31.7 Å². The molecule has 0 aromatic carbocycles. The Hall–Kier alpha value is -1.62. The highest BCUT2D eigenvalue weighted by Gasteiger charge is 2.42. The minimum absolute atomic E-state index is 0.0354. The highest BCUT2D eigenvalue weighted by atomic mass is 16.5. The van der Waals surface area contributed by atoms with Crippen molar-refractivity contribution in [2.45, 2.75) is 38.8 Å². The van der Waals surface area contributed by atoms with Gasteiger partial charge in [0.05, 0.1) is 12.5 Å². The van der Waals surface area contributed by atoms with Gasteiger partial charge in [0.25, 0.3) is 0 Å². The third-order valence-electron chi connectivity index (χ3n) is 4.01. The Morgan fingerprint density at radius 3 is 3.11 bits per heavy atom. The number of nitrogens with one attached hydrogen (secondary N) is 1. The fourth-order valence-corrected chi connectivity index (χ4v) is 2.53. The number of ether oxygens (including phenoxy) is 1. The molecule has 1 aromatic heterocycles. The van der Waals surface area contributed by atoms with Gasteiger partial charge in [-0.25, -0.2) is 4.98 Å². The summed E-state index contributed by atoms with van der Waals surface area (Å²) in [6.07, 6.45) is 4.48. The Morgan fingerprint density at radius 1 is 1.68 bits per heavy atom. The van der Waals surface area contributed by atoms with Gasteiger partial charge in [0.15, 0.2) is 0 Å². The Morgan fingerprint density at radius 2 is 2.47 bits per heavy atom. The molecule has 2 unspecified atom stereocenters. The van der Waals surface area contributed by atoms with Crippen molar-refractivity contribution >= 4 is 5.91 Å². The van der Waals surface area contributed by atoms with Crippen molar-refractivity contribution in [1.82, 2.24) is 10.3 Å². The molecule has 1 amide bonds. The first kappa shape index (κ1) is 13.8. The third kappa shape index (κ3) is 2.87. The molecule has 1 saturated carbocycles. The maximum absolute atomic E-state index is 12.3. The molecule has 3 N–H and O–H groups in total. The van der Waals surface area contributed by atoms with Gasteiger partial charge in [-0.1, -0.05) is 6.42 Å². The normalized spacial score (nSPS) is 26.2. The monoisotopic (exact) mass is 263 g/mol. The number of methoxy groups -OCH3 is 1. The van der Waals surface area contributed by atoms with E-state index in [2.05, 4.69) is 10.3 Å². The molecule has 0 bridgehead atoms. The molecule has 0 aliphatic heterocycles. The second-order valence-corrected chi connectivity index (χ2v) is 5.31. The number of amides is 1. The predicted octanol–water partition coefficient (Wildman–Crippen LogP) is 1.22. The fraction of sp³-hybridized carbons (Fsp3) is 0.571. The molecule has 19 heavy (non-hydrogen) atoms. The maximum Gasteiger partial charge on any atom is 0.227 e. The van der Waals surface area contributed by atoms with E-state index in [9.17, 15) is 4.79 Å². The summed E-state index contributed by atoms with van der Waals surface area (Å²) < 4.78 is 5.05. The highest BCUT2D eigenvalue weighted by Crippen LogP contribution is 2.36. The summed E-state index contributed by atoms with van der Waals surface area (Å²) in [5.41, 5.74) is 6.57. The van der Waals surface area contributed by atoms with E-state index in [-0.39, 0.29) is 11.9 Å². The van der Waals surface area contributed by atoms with Crippen LogP contribution < -0.4 is 15.8 Å². The van der Waals surface area contributed by atoms with E-state index in [1.807, 2.05) is 19.1 Å².